The lowest BCUT2D eigenvalue weighted by molar-refractivity contribution is -0.218. The fourth-order valence-electron chi connectivity index (χ4n) is 1.19. The third kappa shape index (κ3) is 7.62. The number of benzene rings is 1. The third-order valence-corrected chi connectivity index (χ3v) is 2.46. The second-order valence-corrected chi connectivity index (χ2v) is 4.42. The van der Waals surface area contributed by atoms with Crippen molar-refractivity contribution in [2.45, 2.75) is 31.2 Å². The normalized spacial score (nSPS) is 19.1. The second kappa shape index (κ2) is 7.80. The highest BCUT2D eigenvalue weighted by atomic mass is 19.4. The summed E-state index contributed by atoms with van der Waals surface area (Å²) in [5.41, 5.74) is 0.770. The van der Waals surface area contributed by atoms with Gasteiger partial charge in [-0.25, -0.2) is 0 Å². The van der Waals surface area contributed by atoms with E-state index >= 15 is 0 Å². The molecule has 1 saturated heterocycles. The SMILES string of the molecule is FC(F)(F)[C@H]1CO1.O[C@H](COCc1ccccc1)C(F)(F)F. The molecule has 0 amide bonds. The van der Waals surface area contributed by atoms with Gasteiger partial charge in [0, 0.05) is 0 Å². The van der Waals surface area contributed by atoms with E-state index in [0.717, 1.165) is 5.56 Å². The van der Waals surface area contributed by atoms with Crippen LogP contribution in [0.2, 0.25) is 0 Å². The van der Waals surface area contributed by atoms with Crippen LogP contribution in [0.25, 0.3) is 0 Å². The number of rotatable bonds is 4. The topological polar surface area (TPSA) is 42.0 Å². The Balaban J connectivity index is 0.000000287. The molecule has 3 nitrogen and oxygen atoms in total. The number of alkyl halides is 6. The molecule has 0 spiro atoms. The van der Waals surface area contributed by atoms with Crippen molar-refractivity contribution in [1.29, 1.82) is 0 Å². The van der Waals surface area contributed by atoms with E-state index < -0.39 is 31.2 Å². The summed E-state index contributed by atoms with van der Waals surface area (Å²) in [7, 11) is 0. The minimum Gasteiger partial charge on any atom is -0.382 e. The number of halogens is 6. The van der Waals surface area contributed by atoms with Crippen LogP contribution >= 0.6 is 0 Å². The minimum atomic E-state index is -4.61. The van der Waals surface area contributed by atoms with Crippen LogP contribution in [0, 0.1) is 0 Å². The molecular formula is C13H14F6O3. The van der Waals surface area contributed by atoms with E-state index in [1.807, 2.05) is 0 Å². The van der Waals surface area contributed by atoms with Crippen LogP contribution in [0.5, 0.6) is 0 Å². The highest BCUT2D eigenvalue weighted by molar-refractivity contribution is 5.13. The van der Waals surface area contributed by atoms with E-state index in [-0.39, 0.29) is 13.2 Å². The Kier molecular flexibility index (Phi) is 6.64. The summed E-state index contributed by atoms with van der Waals surface area (Å²) in [5.74, 6) is 0. The Bertz CT molecular complexity index is 428. The van der Waals surface area contributed by atoms with Gasteiger partial charge in [-0.1, -0.05) is 30.3 Å². The molecule has 0 bridgehead atoms. The molecule has 1 fully saturated rings. The molecule has 0 unspecified atom stereocenters. The molecule has 22 heavy (non-hydrogen) atoms. The molecule has 1 aliphatic heterocycles. The summed E-state index contributed by atoms with van der Waals surface area (Å²) in [4.78, 5) is 0. The fourth-order valence-corrected chi connectivity index (χ4v) is 1.19. The van der Waals surface area contributed by atoms with Crippen LogP contribution in [0.3, 0.4) is 0 Å². The van der Waals surface area contributed by atoms with E-state index in [9.17, 15) is 26.3 Å². The van der Waals surface area contributed by atoms with E-state index in [4.69, 9.17) is 9.84 Å². The van der Waals surface area contributed by atoms with Crippen molar-refractivity contribution < 1.29 is 40.9 Å². The molecule has 9 heteroatoms. The average molecular weight is 332 g/mol. The predicted octanol–water partition coefficient (Wildman–Crippen LogP) is 3.07. The zero-order chi connectivity index (χ0) is 16.8. The Hall–Kier alpha value is -1.32. The maximum absolute atomic E-state index is 11.8. The first-order chi connectivity index (χ1) is 10.1. The van der Waals surface area contributed by atoms with Gasteiger partial charge in [0.25, 0.3) is 0 Å². The summed E-state index contributed by atoms with van der Waals surface area (Å²) in [6.45, 7) is -0.824. The van der Waals surface area contributed by atoms with Gasteiger partial charge >= 0.3 is 12.4 Å². The third-order valence-electron chi connectivity index (χ3n) is 2.46. The van der Waals surface area contributed by atoms with Gasteiger partial charge in [-0.2, -0.15) is 26.3 Å². The predicted molar refractivity (Wildman–Crippen MR) is 64.0 cm³/mol. The van der Waals surface area contributed by atoms with Crippen LogP contribution in [0.15, 0.2) is 30.3 Å². The lowest BCUT2D eigenvalue weighted by atomic mass is 10.2. The van der Waals surface area contributed by atoms with Gasteiger partial charge in [-0.05, 0) is 5.56 Å². The van der Waals surface area contributed by atoms with Crippen molar-refractivity contribution in [3.8, 4) is 0 Å². The molecule has 0 aliphatic carbocycles. The lowest BCUT2D eigenvalue weighted by Crippen LogP contribution is -2.32. The highest BCUT2D eigenvalue weighted by Crippen LogP contribution is 2.30. The van der Waals surface area contributed by atoms with Crippen LogP contribution in [0.1, 0.15) is 5.56 Å². The van der Waals surface area contributed by atoms with Crippen LogP contribution in [-0.2, 0) is 16.1 Å². The van der Waals surface area contributed by atoms with Crippen LogP contribution < -0.4 is 0 Å². The van der Waals surface area contributed by atoms with E-state index in [0.29, 0.717) is 0 Å². The Labute approximate surface area is 122 Å². The Morgan fingerprint density at radius 3 is 2.05 bits per heavy atom. The van der Waals surface area contributed by atoms with Crippen molar-refractivity contribution in [2.75, 3.05) is 13.2 Å². The molecule has 126 valence electrons. The molecule has 2 rings (SSSR count). The maximum atomic E-state index is 11.8. The highest BCUT2D eigenvalue weighted by Gasteiger charge is 2.49. The minimum absolute atomic E-state index is 0.0635. The summed E-state index contributed by atoms with van der Waals surface area (Å²) < 4.78 is 77.6. The maximum Gasteiger partial charge on any atom is 0.416 e. The van der Waals surface area contributed by atoms with Crippen LogP contribution in [0.4, 0.5) is 26.3 Å². The number of hydrogen-bond donors (Lipinski definition) is 1. The number of epoxide rings is 1. The van der Waals surface area contributed by atoms with Crippen molar-refractivity contribution in [3.05, 3.63) is 35.9 Å². The number of aliphatic hydroxyl groups is 1. The molecule has 1 aromatic rings. The molecule has 1 aliphatic rings. The molecule has 1 N–H and O–H groups in total. The van der Waals surface area contributed by atoms with Gasteiger partial charge < -0.3 is 14.6 Å². The van der Waals surface area contributed by atoms with E-state index in [1.54, 1.807) is 30.3 Å². The molecular weight excluding hydrogens is 318 g/mol. The second-order valence-electron chi connectivity index (χ2n) is 4.42. The van der Waals surface area contributed by atoms with E-state index in [2.05, 4.69) is 4.74 Å². The van der Waals surface area contributed by atoms with Gasteiger partial charge in [0.05, 0.1) is 19.8 Å². The fraction of sp³-hybridized carbons (Fsp3) is 0.538. The summed E-state index contributed by atoms with van der Waals surface area (Å²) in [6.07, 6.45) is -12.6. The van der Waals surface area contributed by atoms with Gasteiger partial charge in [0.15, 0.2) is 12.2 Å². The summed E-state index contributed by atoms with van der Waals surface area (Å²) in [6, 6.07) is 8.80. The van der Waals surface area contributed by atoms with Gasteiger partial charge in [0.1, 0.15) is 0 Å². The first kappa shape index (κ1) is 18.7. The zero-order valence-electron chi connectivity index (χ0n) is 11.2. The van der Waals surface area contributed by atoms with Gasteiger partial charge in [-0.15, -0.1) is 0 Å². The molecule has 0 saturated carbocycles. The van der Waals surface area contributed by atoms with Crippen molar-refractivity contribution >= 4 is 0 Å². The smallest absolute Gasteiger partial charge is 0.382 e. The first-order valence-electron chi connectivity index (χ1n) is 6.15. The van der Waals surface area contributed by atoms with Crippen LogP contribution in [-0.4, -0.2) is 42.9 Å². The Morgan fingerprint density at radius 2 is 1.68 bits per heavy atom. The summed E-state index contributed by atoms with van der Waals surface area (Å²) >= 11 is 0. The quantitative estimate of drug-likeness (QED) is 0.681. The Morgan fingerprint density at radius 1 is 1.14 bits per heavy atom. The molecule has 0 aromatic heterocycles. The number of ether oxygens (including phenoxy) is 2. The monoisotopic (exact) mass is 332 g/mol. The molecule has 0 radical (unpaired) electrons. The summed E-state index contributed by atoms with van der Waals surface area (Å²) in [5, 5.41) is 8.61. The van der Waals surface area contributed by atoms with Gasteiger partial charge in [0.2, 0.25) is 0 Å². The lowest BCUT2D eigenvalue weighted by Gasteiger charge is -2.14. The molecule has 1 aromatic carbocycles. The zero-order valence-corrected chi connectivity index (χ0v) is 11.2. The van der Waals surface area contributed by atoms with Crippen molar-refractivity contribution in [1.82, 2.24) is 0 Å². The van der Waals surface area contributed by atoms with Crippen molar-refractivity contribution in [3.63, 3.8) is 0 Å². The average Bonchev–Trinajstić information content (AvgIpc) is 3.23. The number of aliphatic hydroxyl groups excluding tert-OH is 1. The number of hydrogen-bond acceptors (Lipinski definition) is 3. The molecule has 2 atom stereocenters. The van der Waals surface area contributed by atoms with E-state index in [1.165, 1.54) is 0 Å². The largest absolute Gasteiger partial charge is 0.416 e. The van der Waals surface area contributed by atoms with Crippen molar-refractivity contribution in [2.24, 2.45) is 0 Å². The standard InChI is InChI=1S/C10H11F3O2.C3H3F3O/c11-10(12,13)9(14)7-15-6-8-4-2-1-3-5-8;4-3(5,6)2-1-7-2/h1-5,9,14H,6-7H2;2H,1H2/t9-;2-/m11/s1. The van der Waals surface area contributed by atoms with Gasteiger partial charge in [-0.3, -0.25) is 0 Å². The molecule has 1 heterocycles. The first-order valence-corrected chi connectivity index (χ1v) is 6.15.